The highest BCUT2D eigenvalue weighted by Crippen LogP contribution is 2.26. The number of likely N-dealkylation sites (tertiary alicyclic amines) is 1. The first-order valence-corrected chi connectivity index (χ1v) is 10.1. The van der Waals surface area contributed by atoms with Crippen LogP contribution in [0.2, 0.25) is 0 Å². The molecular weight excluding hydrogens is 352 g/mol. The second-order valence-electron chi connectivity index (χ2n) is 8.15. The molecule has 0 radical (unpaired) electrons. The third-order valence-electron chi connectivity index (χ3n) is 5.39. The smallest absolute Gasteiger partial charge is 0.236 e. The highest BCUT2D eigenvalue weighted by molar-refractivity contribution is 5.77. The van der Waals surface area contributed by atoms with Gasteiger partial charge in [0, 0.05) is 38.7 Å². The Morgan fingerprint density at radius 1 is 1.32 bits per heavy atom. The van der Waals surface area contributed by atoms with Gasteiger partial charge < -0.3 is 9.64 Å². The molecule has 6 nitrogen and oxygen atoms in total. The van der Waals surface area contributed by atoms with Gasteiger partial charge in [0.05, 0.1) is 18.8 Å². The first-order valence-electron chi connectivity index (χ1n) is 10.1. The van der Waals surface area contributed by atoms with Gasteiger partial charge in [-0.1, -0.05) is 26.0 Å². The maximum atomic E-state index is 11.9. The fourth-order valence-electron chi connectivity index (χ4n) is 3.49. The van der Waals surface area contributed by atoms with Gasteiger partial charge in [-0.05, 0) is 42.6 Å². The molecule has 28 heavy (non-hydrogen) atoms. The standard InChI is InChI=1S/C22H32N4O2/c1-16(2)17-5-7-20(8-6-17)28-12-10-19-13-21(24-23-19)18-9-11-26(14-18)15-22(27)25(3)4/h5-8,13,16,18H,9-12,14-15H2,1-4H3,(H,23,24). The third kappa shape index (κ3) is 5.35. The molecule has 2 aromatic rings. The summed E-state index contributed by atoms with van der Waals surface area (Å²) < 4.78 is 5.86. The predicted octanol–water partition coefficient (Wildman–Crippen LogP) is 3.03. The summed E-state index contributed by atoms with van der Waals surface area (Å²) in [6.45, 7) is 7.33. The van der Waals surface area contributed by atoms with E-state index in [0.29, 0.717) is 25.0 Å². The number of carbonyl (C=O) groups is 1. The molecule has 1 amide bonds. The van der Waals surface area contributed by atoms with E-state index in [0.717, 1.165) is 43.1 Å². The number of ether oxygens (including phenoxy) is 1. The van der Waals surface area contributed by atoms with Crippen molar-refractivity contribution in [3.05, 3.63) is 47.3 Å². The Kier molecular flexibility index (Phi) is 6.73. The number of aromatic nitrogens is 2. The Morgan fingerprint density at radius 3 is 2.75 bits per heavy atom. The summed E-state index contributed by atoms with van der Waals surface area (Å²) in [5.74, 6) is 1.98. The molecular formula is C22H32N4O2. The zero-order chi connectivity index (χ0) is 20.1. The highest BCUT2D eigenvalue weighted by Gasteiger charge is 2.27. The average molecular weight is 385 g/mol. The molecule has 1 aromatic carbocycles. The number of benzene rings is 1. The molecule has 1 atom stereocenters. The second-order valence-corrected chi connectivity index (χ2v) is 8.15. The van der Waals surface area contributed by atoms with Crippen molar-refractivity contribution < 1.29 is 9.53 Å². The number of amides is 1. The molecule has 0 spiro atoms. The summed E-state index contributed by atoms with van der Waals surface area (Å²) in [5, 5.41) is 7.64. The minimum Gasteiger partial charge on any atom is -0.493 e. The molecule has 152 valence electrons. The van der Waals surface area contributed by atoms with Crippen molar-refractivity contribution in [1.82, 2.24) is 20.0 Å². The van der Waals surface area contributed by atoms with E-state index in [-0.39, 0.29) is 5.91 Å². The Morgan fingerprint density at radius 2 is 2.07 bits per heavy atom. The van der Waals surface area contributed by atoms with Gasteiger partial charge in [0.15, 0.2) is 0 Å². The maximum absolute atomic E-state index is 11.9. The van der Waals surface area contributed by atoms with Crippen LogP contribution < -0.4 is 4.74 Å². The van der Waals surface area contributed by atoms with E-state index in [1.165, 1.54) is 5.56 Å². The van der Waals surface area contributed by atoms with Gasteiger partial charge in [-0.15, -0.1) is 0 Å². The average Bonchev–Trinajstić information content (AvgIpc) is 3.31. The predicted molar refractivity (Wildman–Crippen MR) is 111 cm³/mol. The lowest BCUT2D eigenvalue weighted by molar-refractivity contribution is -0.129. The molecule has 1 aromatic heterocycles. The third-order valence-corrected chi connectivity index (χ3v) is 5.39. The molecule has 1 N–H and O–H groups in total. The quantitative estimate of drug-likeness (QED) is 0.760. The minimum absolute atomic E-state index is 0.155. The topological polar surface area (TPSA) is 61.5 Å². The lowest BCUT2D eigenvalue weighted by Crippen LogP contribution is -2.35. The van der Waals surface area contributed by atoms with Crippen molar-refractivity contribution in [1.29, 1.82) is 0 Å². The summed E-state index contributed by atoms with van der Waals surface area (Å²) in [6, 6.07) is 10.5. The number of nitrogens with one attached hydrogen (secondary N) is 1. The van der Waals surface area contributed by atoms with Crippen LogP contribution in [0.5, 0.6) is 5.75 Å². The van der Waals surface area contributed by atoms with Crippen LogP contribution >= 0.6 is 0 Å². The van der Waals surface area contributed by atoms with E-state index in [1.807, 2.05) is 12.1 Å². The first kappa shape index (κ1) is 20.4. The van der Waals surface area contributed by atoms with Crippen LogP contribution in [0.4, 0.5) is 0 Å². The van der Waals surface area contributed by atoms with Gasteiger partial charge in [0.2, 0.25) is 5.91 Å². The Bertz CT molecular complexity index is 767. The van der Waals surface area contributed by atoms with Crippen molar-refractivity contribution in [3.8, 4) is 5.75 Å². The van der Waals surface area contributed by atoms with E-state index < -0.39 is 0 Å². The molecule has 0 aliphatic carbocycles. The number of hydrogen-bond donors (Lipinski definition) is 1. The van der Waals surface area contributed by atoms with Gasteiger partial charge in [0.1, 0.15) is 5.75 Å². The summed E-state index contributed by atoms with van der Waals surface area (Å²) in [7, 11) is 3.60. The van der Waals surface area contributed by atoms with Crippen LogP contribution in [-0.4, -0.2) is 66.2 Å². The summed E-state index contributed by atoms with van der Waals surface area (Å²) >= 11 is 0. The molecule has 1 saturated heterocycles. The number of aromatic amines is 1. The monoisotopic (exact) mass is 384 g/mol. The van der Waals surface area contributed by atoms with E-state index in [1.54, 1.807) is 19.0 Å². The fraction of sp³-hybridized carbons (Fsp3) is 0.545. The van der Waals surface area contributed by atoms with E-state index >= 15 is 0 Å². The molecule has 1 aliphatic heterocycles. The zero-order valence-corrected chi connectivity index (χ0v) is 17.4. The van der Waals surface area contributed by atoms with Crippen LogP contribution in [0, 0.1) is 0 Å². The largest absolute Gasteiger partial charge is 0.493 e. The number of hydrogen-bond acceptors (Lipinski definition) is 4. The molecule has 1 aliphatic rings. The van der Waals surface area contributed by atoms with Crippen molar-refractivity contribution in [2.45, 2.75) is 38.5 Å². The van der Waals surface area contributed by atoms with Crippen molar-refractivity contribution in [2.75, 3.05) is 40.3 Å². The lowest BCUT2D eigenvalue weighted by atomic mass is 10.0. The molecule has 2 heterocycles. The van der Waals surface area contributed by atoms with Gasteiger partial charge >= 0.3 is 0 Å². The normalized spacial score (nSPS) is 17.2. The summed E-state index contributed by atoms with van der Waals surface area (Å²) in [4.78, 5) is 15.7. The van der Waals surface area contributed by atoms with Crippen LogP contribution in [0.1, 0.15) is 49.1 Å². The van der Waals surface area contributed by atoms with E-state index in [4.69, 9.17) is 4.74 Å². The van der Waals surface area contributed by atoms with Crippen molar-refractivity contribution >= 4 is 5.91 Å². The number of rotatable bonds is 8. The summed E-state index contributed by atoms with van der Waals surface area (Å²) in [6.07, 6.45) is 1.85. The number of H-pyrrole nitrogens is 1. The number of likely N-dealkylation sites (N-methyl/N-ethyl adjacent to an activating group) is 1. The Hall–Kier alpha value is -2.34. The Balaban J connectivity index is 1.45. The minimum atomic E-state index is 0.155. The van der Waals surface area contributed by atoms with Crippen LogP contribution in [0.25, 0.3) is 0 Å². The second kappa shape index (κ2) is 9.24. The van der Waals surface area contributed by atoms with Crippen LogP contribution in [0.15, 0.2) is 30.3 Å². The summed E-state index contributed by atoms with van der Waals surface area (Å²) in [5.41, 5.74) is 3.51. The molecule has 0 saturated carbocycles. The van der Waals surface area contributed by atoms with Crippen molar-refractivity contribution in [3.63, 3.8) is 0 Å². The lowest BCUT2D eigenvalue weighted by Gasteiger charge is -2.17. The van der Waals surface area contributed by atoms with Gasteiger partial charge in [-0.3, -0.25) is 14.8 Å². The van der Waals surface area contributed by atoms with Gasteiger partial charge in [0.25, 0.3) is 0 Å². The van der Waals surface area contributed by atoms with Gasteiger partial charge in [-0.2, -0.15) is 5.10 Å². The van der Waals surface area contributed by atoms with E-state index in [2.05, 4.69) is 47.1 Å². The number of nitrogens with zero attached hydrogens (tertiary/aromatic N) is 3. The number of carbonyl (C=O) groups excluding carboxylic acids is 1. The fourth-order valence-corrected chi connectivity index (χ4v) is 3.49. The first-order chi connectivity index (χ1) is 13.4. The molecule has 1 fully saturated rings. The molecule has 1 unspecified atom stereocenters. The molecule has 6 heteroatoms. The SMILES string of the molecule is CC(C)c1ccc(OCCc2cc(C3CCN(CC(=O)N(C)C)C3)n[nH]2)cc1. The van der Waals surface area contributed by atoms with Crippen LogP contribution in [-0.2, 0) is 11.2 Å². The van der Waals surface area contributed by atoms with Crippen molar-refractivity contribution in [2.24, 2.45) is 0 Å². The zero-order valence-electron chi connectivity index (χ0n) is 17.4. The van der Waals surface area contributed by atoms with Crippen LogP contribution in [0.3, 0.4) is 0 Å². The molecule has 0 bridgehead atoms. The maximum Gasteiger partial charge on any atom is 0.236 e. The molecule has 3 rings (SSSR count). The Labute approximate surface area is 167 Å². The van der Waals surface area contributed by atoms with Gasteiger partial charge in [-0.25, -0.2) is 0 Å². The highest BCUT2D eigenvalue weighted by atomic mass is 16.5. The van der Waals surface area contributed by atoms with E-state index in [9.17, 15) is 4.79 Å².